The normalized spacial score (nSPS) is 14.3. The number of rotatable bonds is 2. The van der Waals surface area contributed by atoms with Crippen LogP contribution in [-0.4, -0.2) is 26.8 Å². The fraction of sp³-hybridized carbons (Fsp3) is 0.167. The van der Waals surface area contributed by atoms with Crippen LogP contribution in [0.4, 0.5) is 0 Å². The number of aliphatic hydroxyl groups is 2. The molecule has 0 saturated heterocycles. The van der Waals surface area contributed by atoms with E-state index in [0.29, 0.717) is 22.2 Å². The molecule has 148 valence electrons. The fourth-order valence-corrected chi connectivity index (χ4v) is 3.55. The maximum atomic E-state index is 12.9. The zero-order valence-corrected chi connectivity index (χ0v) is 16.8. The number of hydrogen-bond acceptors (Lipinski definition) is 4. The van der Waals surface area contributed by atoms with Crippen LogP contribution in [0.2, 0.25) is 0 Å². The summed E-state index contributed by atoms with van der Waals surface area (Å²) < 4.78 is 0. The number of aromatic nitrogens is 1. The lowest BCUT2D eigenvalue weighted by molar-refractivity contribution is -0.116. The molecule has 0 amide bonds. The summed E-state index contributed by atoms with van der Waals surface area (Å²) in [7, 11) is 0. The zero-order valence-electron chi connectivity index (χ0n) is 16.8. The molecule has 0 atom stereocenters. The molecular formula is C24H23NO4. The molecule has 3 aromatic rings. The molecule has 1 aliphatic rings. The van der Waals surface area contributed by atoms with Crippen molar-refractivity contribution in [3.05, 3.63) is 82.4 Å². The molecule has 1 aliphatic carbocycles. The van der Waals surface area contributed by atoms with Gasteiger partial charge in [-0.15, -0.1) is 0 Å². The Labute approximate surface area is 169 Å². The van der Waals surface area contributed by atoms with Gasteiger partial charge in [-0.25, -0.2) is 0 Å². The lowest BCUT2D eigenvalue weighted by Gasteiger charge is -2.18. The van der Waals surface area contributed by atoms with Gasteiger partial charge in [0.25, 0.3) is 0 Å². The number of carbonyl (C=O) groups is 2. The Balaban J connectivity index is 0.00000117. The Bertz CT molecular complexity index is 1180. The van der Waals surface area contributed by atoms with E-state index in [1.54, 1.807) is 37.3 Å². The molecule has 2 aromatic carbocycles. The molecule has 1 aromatic heterocycles. The Morgan fingerprint density at radius 1 is 0.793 bits per heavy atom. The van der Waals surface area contributed by atoms with Crippen molar-refractivity contribution in [1.29, 1.82) is 0 Å². The van der Waals surface area contributed by atoms with Crippen LogP contribution in [0.1, 0.15) is 36.2 Å². The van der Waals surface area contributed by atoms with Crippen LogP contribution >= 0.6 is 0 Å². The van der Waals surface area contributed by atoms with Crippen molar-refractivity contribution in [2.75, 3.05) is 0 Å². The first-order chi connectivity index (χ1) is 13.9. The van der Waals surface area contributed by atoms with Gasteiger partial charge in [-0.2, -0.15) is 0 Å². The van der Waals surface area contributed by atoms with E-state index in [1.165, 1.54) is 0 Å². The molecule has 0 unspecified atom stereocenters. The topological polar surface area (TPSA) is 90.4 Å². The number of H-pyrrole nitrogens is 1. The fourth-order valence-electron chi connectivity index (χ4n) is 3.55. The minimum atomic E-state index is -0.769. The molecule has 3 N–H and O–H groups in total. The van der Waals surface area contributed by atoms with Crippen molar-refractivity contribution in [3.63, 3.8) is 0 Å². The summed E-state index contributed by atoms with van der Waals surface area (Å²) in [6.45, 7) is 7.71. The van der Waals surface area contributed by atoms with Crippen molar-refractivity contribution >= 4 is 33.6 Å². The summed E-state index contributed by atoms with van der Waals surface area (Å²) in [6.07, 6.45) is 0. The Kier molecular flexibility index (Phi) is 5.41. The largest absolute Gasteiger partial charge is 0.504 e. The van der Waals surface area contributed by atoms with E-state index < -0.39 is 23.1 Å². The number of aromatic amines is 1. The molecule has 0 bridgehead atoms. The molecule has 0 fully saturated rings. The highest BCUT2D eigenvalue weighted by Crippen LogP contribution is 2.38. The highest BCUT2D eigenvalue weighted by molar-refractivity contribution is 6.47. The van der Waals surface area contributed by atoms with Gasteiger partial charge in [0.15, 0.2) is 11.5 Å². The highest BCUT2D eigenvalue weighted by atomic mass is 16.3. The average Bonchev–Trinajstić information content (AvgIpc) is 3.04. The molecule has 5 nitrogen and oxygen atoms in total. The van der Waals surface area contributed by atoms with Crippen molar-refractivity contribution < 1.29 is 19.8 Å². The number of carbonyl (C=O) groups excluding carboxylic acids is 2. The number of ketones is 2. The van der Waals surface area contributed by atoms with E-state index in [0.717, 1.165) is 11.1 Å². The van der Waals surface area contributed by atoms with Gasteiger partial charge in [0.05, 0.1) is 11.1 Å². The van der Waals surface area contributed by atoms with Crippen molar-refractivity contribution in [3.8, 4) is 0 Å². The van der Waals surface area contributed by atoms with Crippen LogP contribution in [0.5, 0.6) is 0 Å². The Hall–Kier alpha value is -3.60. The van der Waals surface area contributed by atoms with Crippen molar-refractivity contribution in [2.45, 2.75) is 27.7 Å². The minimum absolute atomic E-state index is 0.176. The predicted molar refractivity (Wildman–Crippen MR) is 115 cm³/mol. The third kappa shape index (κ3) is 3.25. The van der Waals surface area contributed by atoms with Crippen molar-refractivity contribution in [1.82, 2.24) is 4.98 Å². The average molecular weight is 389 g/mol. The van der Waals surface area contributed by atoms with E-state index in [2.05, 4.69) is 4.98 Å². The van der Waals surface area contributed by atoms with Gasteiger partial charge in [-0.05, 0) is 31.0 Å². The number of aliphatic hydroxyl groups excluding tert-OH is 2. The van der Waals surface area contributed by atoms with E-state index in [4.69, 9.17) is 0 Å². The summed E-state index contributed by atoms with van der Waals surface area (Å²) in [6, 6.07) is 14.0. The highest BCUT2D eigenvalue weighted by Gasteiger charge is 2.37. The number of hydrogen-bond donors (Lipinski definition) is 3. The van der Waals surface area contributed by atoms with Gasteiger partial charge >= 0.3 is 0 Å². The first-order valence-corrected chi connectivity index (χ1v) is 9.50. The molecule has 4 rings (SSSR count). The third-order valence-corrected chi connectivity index (χ3v) is 4.81. The Morgan fingerprint density at radius 3 is 2.03 bits per heavy atom. The second kappa shape index (κ2) is 7.80. The molecule has 29 heavy (non-hydrogen) atoms. The van der Waals surface area contributed by atoms with Crippen LogP contribution in [0.25, 0.3) is 22.0 Å². The summed E-state index contributed by atoms with van der Waals surface area (Å²) in [5.74, 6) is -2.84. The number of nitrogens with one attached hydrogen (secondary N) is 1. The minimum Gasteiger partial charge on any atom is -0.504 e. The Morgan fingerprint density at radius 2 is 1.38 bits per heavy atom. The third-order valence-electron chi connectivity index (χ3n) is 4.81. The number of benzene rings is 2. The predicted octanol–water partition coefficient (Wildman–Crippen LogP) is 5.20. The van der Waals surface area contributed by atoms with Crippen LogP contribution < -0.4 is 0 Å². The molecule has 0 saturated carbocycles. The van der Waals surface area contributed by atoms with Crippen LogP contribution in [0, 0.1) is 13.8 Å². The van der Waals surface area contributed by atoms with E-state index in [-0.39, 0.29) is 11.1 Å². The monoisotopic (exact) mass is 389 g/mol. The number of Topliss-reactive ketones (excluding diaryl/α,β-unsaturated/α-hetero) is 2. The molecule has 1 heterocycles. The first kappa shape index (κ1) is 20.1. The second-order valence-corrected chi connectivity index (χ2v) is 6.65. The molecule has 5 heteroatoms. The first-order valence-electron chi connectivity index (χ1n) is 9.50. The van der Waals surface area contributed by atoms with Gasteiger partial charge in [-0.1, -0.05) is 56.3 Å². The van der Waals surface area contributed by atoms with E-state index >= 15 is 0 Å². The van der Waals surface area contributed by atoms with Gasteiger partial charge < -0.3 is 15.2 Å². The van der Waals surface area contributed by atoms with Crippen LogP contribution in [0.15, 0.2) is 60.0 Å². The maximum Gasteiger partial charge on any atom is 0.232 e. The number of fused-ring (bicyclic) bond motifs is 1. The van der Waals surface area contributed by atoms with Gasteiger partial charge in [0, 0.05) is 22.2 Å². The molecular weight excluding hydrogens is 366 g/mol. The number of allylic oxidation sites excluding steroid dienone is 2. The lowest BCUT2D eigenvalue weighted by Crippen LogP contribution is -2.23. The summed E-state index contributed by atoms with van der Waals surface area (Å²) in [5.41, 5.74) is 2.91. The van der Waals surface area contributed by atoms with Crippen LogP contribution in [0.3, 0.4) is 0 Å². The van der Waals surface area contributed by atoms with E-state index in [1.807, 2.05) is 39.0 Å². The zero-order chi connectivity index (χ0) is 21.3. The summed E-state index contributed by atoms with van der Waals surface area (Å²) in [4.78, 5) is 28.9. The number of aryl methyl sites for hydroxylation is 2. The van der Waals surface area contributed by atoms with Gasteiger partial charge in [0.1, 0.15) is 0 Å². The van der Waals surface area contributed by atoms with Gasteiger partial charge in [0.2, 0.25) is 11.6 Å². The molecule has 0 aliphatic heterocycles. The summed E-state index contributed by atoms with van der Waals surface area (Å²) in [5, 5.41) is 21.8. The SMILES string of the molecule is CC.Cc1ccc2c(C3=C(O)C(=O)C(c4ccccc4)=C(O)C3=O)c(C)[nH]c2c1. The standard InChI is InChI=1S/C22H17NO4.C2H6/c1-11-8-9-14-15(10-11)23-12(2)16(14)18-21(26)19(24)17(20(25)22(18)27)13-6-4-3-5-7-13;1-2/h3-10,23-24,27H,1-2H3;1-2H3. The van der Waals surface area contributed by atoms with Crippen molar-refractivity contribution in [2.24, 2.45) is 0 Å². The second-order valence-electron chi connectivity index (χ2n) is 6.65. The van der Waals surface area contributed by atoms with Gasteiger partial charge in [-0.3, -0.25) is 9.59 Å². The molecule has 0 spiro atoms. The molecule has 0 radical (unpaired) electrons. The summed E-state index contributed by atoms with van der Waals surface area (Å²) >= 11 is 0. The maximum absolute atomic E-state index is 12.9. The van der Waals surface area contributed by atoms with E-state index in [9.17, 15) is 19.8 Å². The van der Waals surface area contributed by atoms with Crippen LogP contribution in [-0.2, 0) is 9.59 Å². The lowest BCUT2D eigenvalue weighted by atomic mass is 9.85. The quantitative estimate of drug-likeness (QED) is 0.525. The smallest absolute Gasteiger partial charge is 0.232 e.